The van der Waals surface area contributed by atoms with E-state index < -0.39 is 4.92 Å². The Morgan fingerprint density at radius 1 is 1.22 bits per heavy atom. The molecule has 2 aromatic heterocycles. The van der Waals surface area contributed by atoms with Crippen molar-refractivity contribution < 1.29 is 9.45 Å². The maximum Gasteiger partial charge on any atom is 0.285 e. The number of aromatic nitrogens is 2. The predicted molar refractivity (Wildman–Crippen MR) is 83.4 cm³/mol. The molecule has 0 spiro atoms. The number of benzene rings is 1. The van der Waals surface area contributed by atoms with Crippen molar-refractivity contribution >= 4 is 17.3 Å². The van der Waals surface area contributed by atoms with Gasteiger partial charge in [0, 0.05) is 28.8 Å². The Balaban J connectivity index is 1.87. The van der Waals surface area contributed by atoms with Crippen LogP contribution in [0.5, 0.6) is 0 Å². The van der Waals surface area contributed by atoms with Gasteiger partial charge in [-0.05, 0) is 12.1 Å². The molecular weight excluding hydrogens is 322 g/mol. The van der Waals surface area contributed by atoms with E-state index in [2.05, 4.69) is 5.16 Å². The third-order valence-corrected chi connectivity index (χ3v) is 3.46. The molecule has 3 rings (SSSR count). The second-order valence-electron chi connectivity index (χ2n) is 4.80. The molecule has 0 saturated carbocycles. The van der Waals surface area contributed by atoms with Crippen LogP contribution in [0, 0.1) is 10.1 Å². The number of hydrogen-bond acceptors (Lipinski definition) is 5. The first-order valence-corrected chi connectivity index (χ1v) is 6.97. The Bertz CT molecular complexity index is 915. The average Bonchev–Trinajstić information content (AvgIpc) is 2.98. The molecule has 0 saturated heterocycles. The van der Waals surface area contributed by atoms with Crippen molar-refractivity contribution in [2.24, 2.45) is 0 Å². The average molecular weight is 332 g/mol. The Kier molecular flexibility index (Phi) is 3.94. The van der Waals surface area contributed by atoms with Crippen LogP contribution < -0.4 is 5.56 Å². The minimum atomic E-state index is -0.560. The van der Waals surface area contributed by atoms with E-state index in [9.17, 15) is 14.9 Å². The summed E-state index contributed by atoms with van der Waals surface area (Å²) in [4.78, 5) is 22.0. The number of rotatable bonds is 4. The zero-order chi connectivity index (χ0) is 16.4. The molecule has 0 aliphatic rings. The zero-order valence-corrected chi connectivity index (χ0v) is 12.4. The minimum Gasteiger partial charge on any atom is -0.359 e. The molecule has 2 heterocycles. The minimum absolute atomic E-state index is 0.0566. The first kappa shape index (κ1) is 15.0. The fourth-order valence-electron chi connectivity index (χ4n) is 2.06. The van der Waals surface area contributed by atoms with Gasteiger partial charge in [-0.25, -0.2) is 0 Å². The monoisotopic (exact) mass is 331 g/mol. The van der Waals surface area contributed by atoms with Gasteiger partial charge >= 0.3 is 0 Å². The van der Waals surface area contributed by atoms with Crippen molar-refractivity contribution in [3.63, 3.8) is 0 Å². The van der Waals surface area contributed by atoms with Crippen molar-refractivity contribution in [3.05, 3.63) is 79.9 Å². The van der Waals surface area contributed by atoms with E-state index in [4.69, 9.17) is 16.1 Å². The molecule has 0 fully saturated rings. The summed E-state index contributed by atoms with van der Waals surface area (Å²) < 4.78 is 6.39. The van der Waals surface area contributed by atoms with Gasteiger partial charge in [-0.3, -0.25) is 14.9 Å². The number of nitrogens with zero attached hydrogens (tertiary/aromatic N) is 3. The van der Waals surface area contributed by atoms with Gasteiger partial charge in [0.05, 0.1) is 17.7 Å². The molecule has 8 heteroatoms. The van der Waals surface area contributed by atoms with E-state index in [-0.39, 0.29) is 17.8 Å². The molecule has 0 N–H and O–H groups in total. The number of hydrogen-bond donors (Lipinski definition) is 0. The highest BCUT2D eigenvalue weighted by Crippen LogP contribution is 2.21. The predicted octanol–water partition coefficient (Wildman–Crippen LogP) is 3.11. The lowest BCUT2D eigenvalue weighted by molar-refractivity contribution is -0.385. The normalized spacial score (nSPS) is 10.7. The van der Waals surface area contributed by atoms with Crippen LogP contribution in [0.2, 0.25) is 5.02 Å². The lowest BCUT2D eigenvalue weighted by Crippen LogP contribution is -2.19. The second kappa shape index (κ2) is 6.05. The van der Waals surface area contributed by atoms with E-state index in [0.717, 1.165) is 11.6 Å². The van der Waals surface area contributed by atoms with Crippen molar-refractivity contribution in [3.8, 4) is 11.3 Å². The van der Waals surface area contributed by atoms with E-state index in [1.807, 2.05) is 0 Å². The summed E-state index contributed by atoms with van der Waals surface area (Å²) in [5.74, 6) is 0.414. The van der Waals surface area contributed by atoms with Crippen LogP contribution in [-0.2, 0) is 6.54 Å². The summed E-state index contributed by atoms with van der Waals surface area (Å²) in [6.45, 7) is 0.0566. The number of pyridine rings is 1. The summed E-state index contributed by atoms with van der Waals surface area (Å²) in [5.41, 5.74) is 0.882. The van der Waals surface area contributed by atoms with Crippen molar-refractivity contribution in [1.82, 2.24) is 9.72 Å². The number of nitro groups is 1. The quantitative estimate of drug-likeness (QED) is 0.541. The van der Waals surface area contributed by atoms with Gasteiger partial charge in [0.25, 0.3) is 11.2 Å². The molecule has 116 valence electrons. The van der Waals surface area contributed by atoms with Gasteiger partial charge < -0.3 is 9.09 Å². The first-order valence-electron chi connectivity index (χ1n) is 6.59. The lowest BCUT2D eigenvalue weighted by atomic mass is 10.1. The zero-order valence-electron chi connectivity index (χ0n) is 11.7. The fourth-order valence-corrected chi connectivity index (χ4v) is 2.19. The van der Waals surface area contributed by atoms with Crippen molar-refractivity contribution in [1.29, 1.82) is 0 Å². The van der Waals surface area contributed by atoms with Crippen LogP contribution in [-0.4, -0.2) is 14.6 Å². The van der Waals surface area contributed by atoms with E-state index >= 15 is 0 Å². The standard InChI is InChI=1S/C15H10ClN3O4/c16-11-3-1-10(2-4-11)14-7-13(23-17-14)9-18-8-12(19(21)22)5-6-15(18)20/h1-8H,9H2. The molecular formula is C15H10ClN3O4. The molecule has 0 aliphatic heterocycles. The van der Waals surface area contributed by atoms with Gasteiger partial charge in [0.1, 0.15) is 5.69 Å². The van der Waals surface area contributed by atoms with E-state index in [1.165, 1.54) is 16.8 Å². The molecule has 0 bridgehead atoms. The Morgan fingerprint density at radius 3 is 2.65 bits per heavy atom. The highest BCUT2D eigenvalue weighted by atomic mass is 35.5. The maximum absolute atomic E-state index is 11.8. The molecule has 1 aromatic carbocycles. The Labute approximate surface area is 134 Å². The van der Waals surface area contributed by atoms with Gasteiger partial charge in [-0.15, -0.1) is 0 Å². The molecule has 0 atom stereocenters. The first-order chi connectivity index (χ1) is 11.0. The fraction of sp³-hybridized carbons (Fsp3) is 0.0667. The third kappa shape index (κ3) is 3.29. The highest BCUT2D eigenvalue weighted by molar-refractivity contribution is 6.30. The van der Waals surface area contributed by atoms with Gasteiger partial charge in [0.15, 0.2) is 5.76 Å². The largest absolute Gasteiger partial charge is 0.359 e. The van der Waals surface area contributed by atoms with Crippen LogP contribution in [0.15, 0.2) is 58.0 Å². The summed E-state index contributed by atoms with van der Waals surface area (Å²) >= 11 is 5.83. The van der Waals surface area contributed by atoms with Crippen LogP contribution in [0.1, 0.15) is 5.76 Å². The Hall–Kier alpha value is -2.93. The van der Waals surface area contributed by atoms with E-state index in [0.29, 0.717) is 16.5 Å². The smallest absolute Gasteiger partial charge is 0.285 e. The summed E-state index contributed by atoms with van der Waals surface area (Å²) in [6, 6.07) is 11.0. The molecule has 3 aromatic rings. The van der Waals surface area contributed by atoms with Gasteiger partial charge in [0.2, 0.25) is 0 Å². The SMILES string of the molecule is O=c1ccc([N+](=O)[O-])cn1Cc1cc(-c2ccc(Cl)cc2)no1. The van der Waals surface area contributed by atoms with Crippen LogP contribution >= 0.6 is 11.6 Å². The number of halogens is 1. The van der Waals surface area contributed by atoms with Crippen LogP contribution in [0.4, 0.5) is 5.69 Å². The third-order valence-electron chi connectivity index (χ3n) is 3.20. The summed E-state index contributed by atoms with van der Waals surface area (Å²) in [5, 5.41) is 15.3. The van der Waals surface area contributed by atoms with Crippen molar-refractivity contribution in [2.45, 2.75) is 6.54 Å². The van der Waals surface area contributed by atoms with E-state index in [1.54, 1.807) is 30.3 Å². The van der Waals surface area contributed by atoms with Crippen LogP contribution in [0.25, 0.3) is 11.3 Å². The molecule has 0 amide bonds. The molecule has 0 radical (unpaired) electrons. The summed E-state index contributed by atoms with van der Waals surface area (Å²) in [7, 11) is 0. The van der Waals surface area contributed by atoms with Crippen LogP contribution in [0.3, 0.4) is 0 Å². The molecule has 0 aliphatic carbocycles. The van der Waals surface area contributed by atoms with Gasteiger partial charge in [-0.1, -0.05) is 28.9 Å². The lowest BCUT2D eigenvalue weighted by Gasteiger charge is -2.01. The molecule has 23 heavy (non-hydrogen) atoms. The molecule has 0 unspecified atom stereocenters. The summed E-state index contributed by atoms with van der Waals surface area (Å²) in [6.07, 6.45) is 1.17. The maximum atomic E-state index is 11.8. The van der Waals surface area contributed by atoms with Crippen molar-refractivity contribution in [2.75, 3.05) is 0 Å². The Morgan fingerprint density at radius 2 is 1.96 bits per heavy atom. The van der Waals surface area contributed by atoms with Gasteiger partial charge in [-0.2, -0.15) is 0 Å². The molecule has 7 nitrogen and oxygen atoms in total. The highest BCUT2D eigenvalue weighted by Gasteiger charge is 2.11. The topological polar surface area (TPSA) is 91.2 Å². The second-order valence-corrected chi connectivity index (χ2v) is 5.23.